The standard InChI is InChI=1S/C11H25NO2/c1-6-11(4,13)9-12(10(2)3)7-8-14-5/h10,13H,6-9H2,1-5H3. The van der Waals surface area contributed by atoms with E-state index >= 15 is 0 Å². The van der Waals surface area contributed by atoms with Crippen molar-refractivity contribution in [2.45, 2.75) is 45.8 Å². The van der Waals surface area contributed by atoms with Crippen LogP contribution < -0.4 is 0 Å². The molecule has 0 aromatic rings. The van der Waals surface area contributed by atoms with Crippen LogP contribution in [0.4, 0.5) is 0 Å². The van der Waals surface area contributed by atoms with Gasteiger partial charge in [0, 0.05) is 26.2 Å². The molecule has 86 valence electrons. The predicted molar refractivity (Wildman–Crippen MR) is 59.5 cm³/mol. The average Bonchev–Trinajstić information content (AvgIpc) is 2.12. The van der Waals surface area contributed by atoms with Gasteiger partial charge in [0.25, 0.3) is 0 Å². The van der Waals surface area contributed by atoms with Crippen LogP contribution in [0.3, 0.4) is 0 Å². The average molecular weight is 203 g/mol. The summed E-state index contributed by atoms with van der Waals surface area (Å²) < 4.78 is 5.05. The Labute approximate surface area is 88.1 Å². The highest BCUT2D eigenvalue weighted by molar-refractivity contribution is 4.77. The molecule has 1 atom stereocenters. The van der Waals surface area contributed by atoms with E-state index in [1.165, 1.54) is 0 Å². The number of aliphatic hydroxyl groups is 1. The molecule has 0 heterocycles. The predicted octanol–water partition coefficient (Wildman–Crippen LogP) is 1.50. The van der Waals surface area contributed by atoms with Gasteiger partial charge in [-0.1, -0.05) is 6.92 Å². The molecule has 0 rings (SSSR count). The molecule has 0 aliphatic heterocycles. The molecule has 3 nitrogen and oxygen atoms in total. The second kappa shape index (κ2) is 6.38. The van der Waals surface area contributed by atoms with Crippen molar-refractivity contribution < 1.29 is 9.84 Å². The maximum atomic E-state index is 9.96. The lowest BCUT2D eigenvalue weighted by Gasteiger charge is -2.33. The SMILES string of the molecule is CCC(C)(O)CN(CCOC)C(C)C. The van der Waals surface area contributed by atoms with Crippen molar-refractivity contribution >= 4 is 0 Å². The van der Waals surface area contributed by atoms with Crippen molar-refractivity contribution in [2.24, 2.45) is 0 Å². The monoisotopic (exact) mass is 203 g/mol. The van der Waals surface area contributed by atoms with Crippen molar-refractivity contribution in [3.8, 4) is 0 Å². The minimum absolute atomic E-state index is 0.447. The summed E-state index contributed by atoms with van der Waals surface area (Å²) in [4.78, 5) is 2.24. The molecule has 0 spiro atoms. The number of hydrogen-bond acceptors (Lipinski definition) is 3. The van der Waals surface area contributed by atoms with E-state index in [-0.39, 0.29) is 0 Å². The van der Waals surface area contributed by atoms with Crippen LogP contribution in [0.5, 0.6) is 0 Å². The maximum Gasteiger partial charge on any atom is 0.0743 e. The zero-order valence-corrected chi connectivity index (χ0v) is 10.2. The van der Waals surface area contributed by atoms with Crippen LogP contribution >= 0.6 is 0 Å². The van der Waals surface area contributed by atoms with Gasteiger partial charge in [0.1, 0.15) is 0 Å². The molecular weight excluding hydrogens is 178 g/mol. The first-order valence-electron chi connectivity index (χ1n) is 5.38. The highest BCUT2D eigenvalue weighted by Gasteiger charge is 2.22. The first-order chi connectivity index (χ1) is 6.43. The van der Waals surface area contributed by atoms with Crippen molar-refractivity contribution in [3.63, 3.8) is 0 Å². The number of ether oxygens (including phenoxy) is 1. The summed E-state index contributed by atoms with van der Waals surface area (Å²) in [6.45, 7) is 10.5. The number of methoxy groups -OCH3 is 1. The summed E-state index contributed by atoms with van der Waals surface area (Å²) in [6.07, 6.45) is 0.781. The summed E-state index contributed by atoms with van der Waals surface area (Å²) >= 11 is 0. The molecule has 0 amide bonds. The van der Waals surface area contributed by atoms with Gasteiger partial charge in [0.15, 0.2) is 0 Å². The van der Waals surface area contributed by atoms with Gasteiger partial charge in [-0.2, -0.15) is 0 Å². The molecule has 0 aromatic heterocycles. The molecule has 0 aliphatic carbocycles. The smallest absolute Gasteiger partial charge is 0.0743 e. The fourth-order valence-electron chi connectivity index (χ4n) is 1.28. The van der Waals surface area contributed by atoms with Crippen molar-refractivity contribution in [3.05, 3.63) is 0 Å². The van der Waals surface area contributed by atoms with E-state index in [1.54, 1.807) is 7.11 Å². The molecule has 0 aromatic carbocycles. The largest absolute Gasteiger partial charge is 0.389 e. The quantitative estimate of drug-likeness (QED) is 0.680. The minimum atomic E-state index is -0.585. The van der Waals surface area contributed by atoms with Gasteiger partial charge >= 0.3 is 0 Å². The lowest BCUT2D eigenvalue weighted by molar-refractivity contribution is -0.0000234. The van der Waals surface area contributed by atoms with E-state index in [4.69, 9.17) is 4.74 Å². The fraction of sp³-hybridized carbons (Fsp3) is 1.00. The van der Waals surface area contributed by atoms with E-state index < -0.39 is 5.60 Å². The third kappa shape index (κ3) is 5.58. The molecule has 1 unspecified atom stereocenters. The highest BCUT2D eigenvalue weighted by atomic mass is 16.5. The van der Waals surface area contributed by atoms with Crippen molar-refractivity contribution in [2.75, 3.05) is 26.8 Å². The van der Waals surface area contributed by atoms with Crippen LogP contribution in [-0.4, -0.2) is 48.5 Å². The Hall–Kier alpha value is -0.120. The number of rotatable bonds is 7. The van der Waals surface area contributed by atoms with Gasteiger partial charge < -0.3 is 9.84 Å². The molecule has 14 heavy (non-hydrogen) atoms. The summed E-state index contributed by atoms with van der Waals surface area (Å²) in [6, 6.07) is 0.447. The molecule has 1 N–H and O–H groups in total. The van der Waals surface area contributed by atoms with Gasteiger partial charge in [0.2, 0.25) is 0 Å². The van der Waals surface area contributed by atoms with Crippen molar-refractivity contribution in [1.29, 1.82) is 0 Å². The van der Waals surface area contributed by atoms with Crippen LogP contribution in [0.25, 0.3) is 0 Å². The molecule has 0 fully saturated rings. The molecule has 0 aliphatic rings. The first-order valence-corrected chi connectivity index (χ1v) is 5.38. The van der Waals surface area contributed by atoms with Gasteiger partial charge in [-0.05, 0) is 27.2 Å². The maximum absolute atomic E-state index is 9.96. The normalized spacial score (nSPS) is 16.3. The Balaban J connectivity index is 4.08. The zero-order valence-electron chi connectivity index (χ0n) is 10.2. The van der Waals surface area contributed by atoms with Crippen LogP contribution in [0, 0.1) is 0 Å². The van der Waals surface area contributed by atoms with Gasteiger partial charge in [0.05, 0.1) is 12.2 Å². The summed E-state index contributed by atoms with van der Waals surface area (Å²) in [5, 5.41) is 9.96. The zero-order chi connectivity index (χ0) is 11.2. The van der Waals surface area contributed by atoms with Gasteiger partial charge in [-0.3, -0.25) is 4.90 Å². The van der Waals surface area contributed by atoms with E-state index in [9.17, 15) is 5.11 Å². The van der Waals surface area contributed by atoms with Crippen LogP contribution in [-0.2, 0) is 4.74 Å². The molecule has 0 radical (unpaired) electrons. The minimum Gasteiger partial charge on any atom is -0.389 e. The lowest BCUT2D eigenvalue weighted by Crippen LogP contribution is -2.45. The van der Waals surface area contributed by atoms with Gasteiger partial charge in [-0.15, -0.1) is 0 Å². The Morgan fingerprint density at radius 3 is 2.36 bits per heavy atom. The molecule has 0 bridgehead atoms. The summed E-state index contributed by atoms with van der Waals surface area (Å²) in [5.41, 5.74) is -0.585. The van der Waals surface area contributed by atoms with Crippen LogP contribution in [0.15, 0.2) is 0 Å². The Bertz CT molecular complexity index is 146. The first kappa shape index (κ1) is 13.9. The van der Waals surface area contributed by atoms with Crippen molar-refractivity contribution in [1.82, 2.24) is 4.90 Å². The van der Waals surface area contributed by atoms with E-state index in [2.05, 4.69) is 18.7 Å². The van der Waals surface area contributed by atoms with Gasteiger partial charge in [-0.25, -0.2) is 0 Å². The summed E-state index contributed by atoms with van der Waals surface area (Å²) in [7, 11) is 1.70. The molecule has 3 heteroatoms. The topological polar surface area (TPSA) is 32.7 Å². The number of hydrogen-bond donors (Lipinski definition) is 1. The Morgan fingerprint density at radius 2 is 2.00 bits per heavy atom. The Morgan fingerprint density at radius 1 is 1.43 bits per heavy atom. The third-order valence-electron chi connectivity index (χ3n) is 2.62. The molecular formula is C11H25NO2. The van der Waals surface area contributed by atoms with E-state index in [0.717, 1.165) is 19.6 Å². The summed E-state index contributed by atoms with van der Waals surface area (Å²) in [5.74, 6) is 0. The highest BCUT2D eigenvalue weighted by Crippen LogP contribution is 2.12. The molecule has 0 saturated carbocycles. The lowest BCUT2D eigenvalue weighted by atomic mass is 10.0. The second-order valence-electron chi connectivity index (χ2n) is 4.41. The second-order valence-corrected chi connectivity index (χ2v) is 4.41. The van der Waals surface area contributed by atoms with E-state index in [1.807, 2.05) is 13.8 Å². The number of nitrogens with zero attached hydrogens (tertiary/aromatic N) is 1. The third-order valence-corrected chi connectivity index (χ3v) is 2.62. The Kier molecular flexibility index (Phi) is 6.33. The van der Waals surface area contributed by atoms with Crippen LogP contribution in [0.1, 0.15) is 34.1 Å². The van der Waals surface area contributed by atoms with E-state index in [0.29, 0.717) is 12.6 Å². The fourth-order valence-corrected chi connectivity index (χ4v) is 1.28. The van der Waals surface area contributed by atoms with Crippen LogP contribution in [0.2, 0.25) is 0 Å². The molecule has 0 saturated heterocycles.